The Hall–Kier alpha value is -6.43. The lowest BCUT2D eigenvalue weighted by molar-refractivity contribution is -0.127. The normalized spacial score (nSPS) is 12.0. The number of amides is 4. The van der Waals surface area contributed by atoms with Crippen molar-refractivity contribution in [1.29, 1.82) is 0 Å². The molecule has 0 saturated heterocycles. The molecule has 5 aromatic carbocycles. The van der Waals surface area contributed by atoms with Crippen LogP contribution in [0.4, 0.5) is 34.1 Å². The van der Waals surface area contributed by atoms with E-state index in [2.05, 4.69) is 41.7 Å². The van der Waals surface area contributed by atoms with E-state index in [1.807, 2.05) is 0 Å². The number of benzene rings is 5. The zero-order valence-corrected chi connectivity index (χ0v) is 40.6. The molecule has 0 bridgehead atoms. The minimum absolute atomic E-state index is 0.0771. The number of ether oxygens (including phenoxy) is 2. The predicted molar refractivity (Wildman–Crippen MR) is 264 cm³/mol. The molecule has 5 rings (SSSR count). The van der Waals surface area contributed by atoms with Crippen LogP contribution in [0.5, 0.6) is 11.5 Å². The fourth-order valence-electron chi connectivity index (χ4n) is 6.19. The van der Waals surface area contributed by atoms with Crippen LogP contribution in [0.3, 0.4) is 0 Å². The van der Waals surface area contributed by atoms with Crippen molar-refractivity contribution in [3.8, 4) is 11.5 Å². The molecule has 0 radical (unpaired) electrons. The van der Waals surface area contributed by atoms with Crippen LogP contribution in [0.2, 0.25) is 10.0 Å². The maximum atomic E-state index is 13.5. The molecule has 4 amide bonds. The van der Waals surface area contributed by atoms with Crippen molar-refractivity contribution in [1.82, 2.24) is 0 Å². The molecular weight excluding hydrogens is 982 g/mol. The molecule has 0 spiro atoms. The maximum Gasteiger partial charge on any atom is 0.258 e. The third kappa shape index (κ3) is 14.5. The summed E-state index contributed by atoms with van der Waals surface area (Å²) in [5, 5.41) is 27.1. The lowest BCUT2D eigenvalue weighted by Crippen LogP contribution is -2.32. The second-order valence-electron chi connectivity index (χ2n) is 14.5. The Morgan fingerprint density at radius 1 is 0.529 bits per heavy atom. The predicted octanol–water partition coefficient (Wildman–Crippen LogP) is 11.9. The number of rotatable bonds is 21. The molecule has 2 atom stereocenters. The number of hydrogen-bond acceptors (Lipinski definition) is 12. The van der Waals surface area contributed by atoms with Crippen molar-refractivity contribution in [3.05, 3.63) is 129 Å². The summed E-state index contributed by atoms with van der Waals surface area (Å²) in [7, 11) is 0. The van der Waals surface area contributed by atoms with E-state index in [4.69, 9.17) is 67.5 Å². The Morgan fingerprint density at radius 2 is 0.985 bits per heavy atom. The molecule has 0 saturated carbocycles. The number of nitrogens with zero attached hydrogens (tertiary/aromatic N) is 4. The molecule has 0 aromatic heterocycles. The molecular formula is C47H43Cl5N8O8. The summed E-state index contributed by atoms with van der Waals surface area (Å²) in [5.74, 6) is -2.99. The summed E-state index contributed by atoms with van der Waals surface area (Å²) in [6.45, 7) is 6.63. The highest BCUT2D eigenvalue weighted by Gasteiger charge is 2.26. The van der Waals surface area contributed by atoms with Gasteiger partial charge in [0.05, 0.1) is 36.0 Å². The first kappa shape index (κ1) is 52.5. The summed E-state index contributed by atoms with van der Waals surface area (Å²) in [6.07, 6.45) is 0. The fraction of sp³-hybridized carbons (Fsp3) is 0.234. The average Bonchev–Trinajstić information content (AvgIpc) is 3.30. The van der Waals surface area contributed by atoms with E-state index in [1.54, 1.807) is 50.2 Å². The average molecular weight is 1030 g/mol. The Morgan fingerprint density at radius 3 is 1.40 bits per heavy atom. The molecule has 0 aliphatic heterocycles. The molecule has 68 heavy (non-hydrogen) atoms. The maximum absolute atomic E-state index is 13.5. The fourth-order valence-corrected chi connectivity index (χ4v) is 7.21. The van der Waals surface area contributed by atoms with E-state index in [1.165, 1.54) is 54.6 Å². The van der Waals surface area contributed by atoms with E-state index in [0.717, 1.165) is 25.0 Å². The van der Waals surface area contributed by atoms with Crippen LogP contribution in [0.25, 0.3) is 0 Å². The summed E-state index contributed by atoms with van der Waals surface area (Å²) < 4.78 is 11.3. The van der Waals surface area contributed by atoms with Crippen molar-refractivity contribution >= 4 is 127 Å². The Bertz CT molecular complexity index is 2790. The Labute approximate surface area is 416 Å². The SMILES string of the molecule is CCOc1ccc(CCl)cc1NC(=O)c1cc(Cl)cc(N=NC(C(C)=O)C(=O)Nc2ccc(NC(=O)C(N=Nc3cc(Cl)cc(C(=O)Nc4cc(CCl)ccc4OCC)c3)C(C)=O)c(CCl)c2)c1. The third-order valence-corrected chi connectivity index (χ3v) is 10.7. The van der Waals surface area contributed by atoms with Gasteiger partial charge >= 0.3 is 0 Å². The quantitative estimate of drug-likeness (QED) is 0.0314. The van der Waals surface area contributed by atoms with Crippen molar-refractivity contribution in [3.63, 3.8) is 0 Å². The minimum atomic E-state index is -1.63. The number of hydrogen-bond donors (Lipinski definition) is 4. The van der Waals surface area contributed by atoms with Gasteiger partial charge in [-0.05, 0) is 123 Å². The van der Waals surface area contributed by atoms with E-state index in [0.29, 0.717) is 41.7 Å². The topological polar surface area (TPSA) is 218 Å². The lowest BCUT2D eigenvalue weighted by atomic mass is 10.1. The van der Waals surface area contributed by atoms with E-state index in [9.17, 15) is 28.8 Å². The molecule has 4 N–H and O–H groups in total. The van der Waals surface area contributed by atoms with Gasteiger partial charge in [-0.25, -0.2) is 0 Å². The van der Waals surface area contributed by atoms with Crippen LogP contribution in [0.15, 0.2) is 111 Å². The summed E-state index contributed by atoms with van der Waals surface area (Å²) >= 11 is 30.9. The first-order chi connectivity index (χ1) is 32.5. The van der Waals surface area contributed by atoms with Crippen LogP contribution >= 0.6 is 58.0 Å². The van der Waals surface area contributed by atoms with Gasteiger partial charge < -0.3 is 30.7 Å². The first-order valence-corrected chi connectivity index (χ1v) is 22.9. The summed E-state index contributed by atoms with van der Waals surface area (Å²) in [6, 6.07) is 19.7. The van der Waals surface area contributed by atoms with Crippen LogP contribution in [0.1, 0.15) is 65.1 Å². The van der Waals surface area contributed by atoms with Crippen LogP contribution in [0, 0.1) is 0 Å². The third-order valence-electron chi connectivity index (χ3n) is 9.40. The van der Waals surface area contributed by atoms with Crippen LogP contribution in [-0.2, 0) is 36.8 Å². The van der Waals surface area contributed by atoms with Gasteiger partial charge in [-0.15, -0.1) is 34.8 Å². The summed E-state index contributed by atoms with van der Waals surface area (Å²) in [5.41, 5.74) is 3.32. The van der Waals surface area contributed by atoms with Crippen LogP contribution in [-0.4, -0.2) is 60.5 Å². The van der Waals surface area contributed by atoms with Gasteiger partial charge in [-0.3, -0.25) is 28.8 Å². The smallest absolute Gasteiger partial charge is 0.258 e. The lowest BCUT2D eigenvalue weighted by Gasteiger charge is -2.15. The molecule has 16 nitrogen and oxygen atoms in total. The minimum Gasteiger partial charge on any atom is -0.492 e. The number of carbonyl (C=O) groups excluding carboxylic acids is 6. The standard InChI is InChI=1S/C47H43Cl5N8O8/c1-5-67-40-11-7-27(22-48)13-38(40)55-44(63)29-15-32(51)20-35(17-29)57-59-42(25(3)61)46(65)53-34-9-10-37(31(19-34)24-50)54-47(66)43(26(4)62)60-58-36-18-30(16-33(52)21-36)45(64)56-39-14-28(23-49)8-12-41(39)68-6-2/h7-21,42-43H,5-6,22-24H2,1-4H3,(H,53,65)(H,54,66)(H,55,63)(H,56,64). The van der Waals surface area contributed by atoms with E-state index >= 15 is 0 Å². The molecule has 0 heterocycles. The van der Waals surface area contributed by atoms with Gasteiger partial charge in [0.15, 0.2) is 11.6 Å². The Balaban J connectivity index is 1.27. The number of alkyl halides is 3. The molecule has 0 fully saturated rings. The zero-order valence-electron chi connectivity index (χ0n) is 36.8. The van der Waals surface area contributed by atoms with Crippen molar-refractivity contribution in [2.24, 2.45) is 20.5 Å². The second-order valence-corrected chi connectivity index (χ2v) is 16.2. The number of halogens is 5. The second kappa shape index (κ2) is 25.1. The molecule has 0 aliphatic rings. The van der Waals surface area contributed by atoms with Gasteiger partial charge in [0.2, 0.25) is 12.1 Å². The Kier molecular flexibility index (Phi) is 19.4. The van der Waals surface area contributed by atoms with E-state index < -0.39 is 47.3 Å². The highest BCUT2D eigenvalue weighted by atomic mass is 35.5. The van der Waals surface area contributed by atoms with Gasteiger partial charge in [-0.1, -0.05) is 35.3 Å². The zero-order chi connectivity index (χ0) is 49.5. The monoisotopic (exact) mass is 1020 g/mol. The number of azo groups is 2. The molecule has 0 aliphatic carbocycles. The number of anilines is 4. The van der Waals surface area contributed by atoms with Crippen molar-refractivity contribution in [2.45, 2.75) is 57.4 Å². The van der Waals surface area contributed by atoms with Crippen molar-refractivity contribution in [2.75, 3.05) is 34.5 Å². The van der Waals surface area contributed by atoms with Gasteiger partial charge in [0.1, 0.15) is 11.5 Å². The molecule has 5 aromatic rings. The van der Waals surface area contributed by atoms with Gasteiger partial charge in [0.25, 0.3) is 23.6 Å². The molecule has 2 unspecified atom stereocenters. The van der Waals surface area contributed by atoms with E-state index in [-0.39, 0.29) is 61.6 Å². The van der Waals surface area contributed by atoms with Crippen LogP contribution < -0.4 is 30.7 Å². The largest absolute Gasteiger partial charge is 0.492 e. The molecule has 354 valence electrons. The van der Waals surface area contributed by atoms with Gasteiger partial charge in [-0.2, -0.15) is 20.5 Å². The van der Waals surface area contributed by atoms with Crippen molar-refractivity contribution < 1.29 is 38.2 Å². The number of nitrogens with one attached hydrogen (secondary N) is 4. The highest BCUT2D eigenvalue weighted by molar-refractivity contribution is 6.32. The number of Topliss-reactive ketones (excluding diaryl/α,β-unsaturated/α-hetero) is 2. The molecule has 21 heteroatoms. The first-order valence-electron chi connectivity index (χ1n) is 20.6. The number of carbonyl (C=O) groups is 6. The van der Waals surface area contributed by atoms with Gasteiger partial charge in [0, 0.05) is 50.2 Å². The highest BCUT2D eigenvalue weighted by Crippen LogP contribution is 2.31. The number of ketones is 2. The summed E-state index contributed by atoms with van der Waals surface area (Å²) in [4.78, 5) is 78.8.